The van der Waals surface area contributed by atoms with Crippen LogP contribution in [0.25, 0.3) is 0 Å². The molecule has 228 valence electrons. The summed E-state index contributed by atoms with van der Waals surface area (Å²) >= 11 is 0. The van der Waals surface area contributed by atoms with Crippen LogP contribution in [-0.2, 0) is 0 Å². The molecule has 0 aliphatic heterocycles. The van der Waals surface area contributed by atoms with Gasteiger partial charge in [-0.15, -0.1) is 0 Å². The van der Waals surface area contributed by atoms with Crippen molar-refractivity contribution in [3.63, 3.8) is 0 Å². The van der Waals surface area contributed by atoms with Crippen LogP contribution < -0.4 is 12.4 Å². The summed E-state index contributed by atoms with van der Waals surface area (Å²) < 4.78 is 0. The second-order valence-corrected chi connectivity index (χ2v) is 12.5. The van der Waals surface area contributed by atoms with Crippen LogP contribution >= 0.6 is 0 Å². The first-order valence-corrected chi connectivity index (χ1v) is 18.2. The van der Waals surface area contributed by atoms with Crippen LogP contribution in [0.5, 0.6) is 0 Å². The Morgan fingerprint density at radius 2 is 0.395 bits per heavy atom. The van der Waals surface area contributed by atoms with Gasteiger partial charge in [-0.1, -0.05) is 78.1 Å². The molecule has 0 saturated carbocycles. The zero-order valence-corrected chi connectivity index (χ0v) is 27.8. The summed E-state index contributed by atoms with van der Waals surface area (Å²) in [6.45, 7) is 4.61. The molecule has 0 amide bonds. The summed E-state index contributed by atoms with van der Waals surface area (Å²) in [5.74, 6) is 0. The van der Waals surface area contributed by atoms with Gasteiger partial charge in [-0.25, -0.2) is 0 Å². The quantitative estimate of drug-likeness (QED) is 0.0550. The fourth-order valence-electron chi connectivity index (χ4n) is 5.82. The smallest absolute Gasteiger partial charge is 1.00 e. The van der Waals surface area contributed by atoms with Crippen LogP contribution in [-0.4, -0.2) is 7.28 Å². The van der Waals surface area contributed by atoms with Gasteiger partial charge in [-0.3, -0.25) is 0 Å². The summed E-state index contributed by atoms with van der Waals surface area (Å²) in [4.78, 5) is 0. The first-order valence-electron chi connectivity index (χ1n) is 18.2. The number of hydrogen-bond acceptors (Lipinski definition) is 0. The summed E-state index contributed by atoms with van der Waals surface area (Å²) in [6, 6.07) is 0. The molecule has 0 fully saturated rings. The molecule has 0 bridgehead atoms. The Morgan fingerprint density at radius 1 is 0.237 bits per heavy atom. The van der Waals surface area contributed by atoms with E-state index in [1.165, 1.54) is 218 Å². The van der Waals surface area contributed by atoms with E-state index in [9.17, 15) is 0 Å². The summed E-state index contributed by atoms with van der Waals surface area (Å²) in [5.41, 5.74) is 0. The molecule has 2 heteroatoms. The maximum atomic E-state index is 2.59. The zero-order valence-electron chi connectivity index (χ0n) is 27.0. The molecule has 0 nitrogen and oxygen atoms in total. The predicted molar refractivity (Wildman–Crippen MR) is 174 cm³/mol. The molecule has 0 atom stereocenters. The van der Waals surface area contributed by atoms with Crippen LogP contribution in [0.15, 0.2) is 0 Å². The van der Waals surface area contributed by atoms with Crippen molar-refractivity contribution in [2.45, 2.75) is 232 Å². The topological polar surface area (TPSA) is 0 Å². The van der Waals surface area contributed by atoms with E-state index in [1.807, 2.05) is 0 Å². The normalized spacial score (nSPS) is 11.0. The van der Waals surface area contributed by atoms with Gasteiger partial charge in [-0.05, 0) is 0 Å². The molecule has 0 spiro atoms. The fourth-order valence-corrected chi connectivity index (χ4v) is 5.82. The van der Waals surface area contributed by atoms with Gasteiger partial charge in [0.05, 0.1) is 0 Å². The van der Waals surface area contributed by atoms with Gasteiger partial charge in [0.1, 0.15) is 0 Å². The van der Waals surface area contributed by atoms with Crippen LogP contribution in [0.3, 0.4) is 0 Å². The minimum Gasteiger partial charge on any atom is -1.00 e. The molecule has 0 aromatic carbocycles. The van der Waals surface area contributed by atoms with Gasteiger partial charge >= 0.3 is 161 Å². The van der Waals surface area contributed by atoms with E-state index in [4.69, 9.17) is 0 Å². The van der Waals surface area contributed by atoms with Gasteiger partial charge in [0.15, 0.2) is 0 Å². The van der Waals surface area contributed by atoms with Gasteiger partial charge in [-0.2, -0.15) is 0 Å². The molecule has 0 aliphatic rings. The third kappa shape index (κ3) is 38.5. The Morgan fingerprint density at radius 3 is 0.579 bits per heavy atom. The van der Waals surface area contributed by atoms with Gasteiger partial charge < -0.3 is 12.4 Å². The molecule has 0 aliphatic carbocycles. The number of halogens is 1. The standard InChI is InChI=1S/C36H74B.ClH/c1-3-5-7-9-11-13-15-17-19-21-23-25-27-29-31-33-35-37-36-34-32-30-28-26-24-22-20-18-16-14-12-10-8-6-4-2;/h3-36H2,1-2H3;1H/q+1;/p-1. The van der Waals surface area contributed by atoms with Gasteiger partial charge in [0.2, 0.25) is 0 Å². The van der Waals surface area contributed by atoms with Crippen LogP contribution in [0, 0.1) is 0 Å². The van der Waals surface area contributed by atoms with Gasteiger partial charge in [0.25, 0.3) is 0 Å². The minimum absolute atomic E-state index is 0. The Balaban J connectivity index is 0. The van der Waals surface area contributed by atoms with E-state index in [-0.39, 0.29) is 12.4 Å². The molecule has 0 saturated heterocycles. The van der Waals surface area contributed by atoms with Crippen LogP contribution in [0.4, 0.5) is 0 Å². The SMILES string of the molecule is CCCCCCCCCCCCCCCCCC[B+]CCCCCCCCCCCCCCCCCC.[Cl-]. The van der Waals surface area contributed by atoms with Crippen LogP contribution in [0.1, 0.15) is 219 Å². The number of rotatable bonds is 34. The summed E-state index contributed by atoms with van der Waals surface area (Å²) in [6.07, 6.45) is 49.8. The van der Waals surface area contributed by atoms with Crippen molar-refractivity contribution in [3.05, 3.63) is 0 Å². The minimum atomic E-state index is 0. The van der Waals surface area contributed by atoms with Crippen molar-refractivity contribution >= 4 is 7.28 Å². The predicted octanol–water partition coefficient (Wildman–Crippen LogP) is 11.1. The molecule has 38 heavy (non-hydrogen) atoms. The van der Waals surface area contributed by atoms with Crippen molar-refractivity contribution in [1.82, 2.24) is 0 Å². The first kappa shape index (κ1) is 40.5. The van der Waals surface area contributed by atoms with E-state index in [0.29, 0.717) is 0 Å². The molecule has 0 aromatic rings. The second-order valence-electron chi connectivity index (χ2n) is 12.5. The molecule has 0 radical (unpaired) electrons. The molecule has 0 heterocycles. The molecular formula is C36H74BCl. The Kier molecular flexibility index (Phi) is 42.1. The van der Waals surface area contributed by atoms with E-state index in [0.717, 1.165) is 0 Å². The van der Waals surface area contributed by atoms with E-state index in [2.05, 4.69) is 21.1 Å². The van der Waals surface area contributed by atoms with Crippen molar-refractivity contribution in [2.24, 2.45) is 0 Å². The molecule has 0 rings (SSSR count). The van der Waals surface area contributed by atoms with Crippen molar-refractivity contribution in [1.29, 1.82) is 0 Å². The fraction of sp³-hybridized carbons (Fsp3) is 1.00. The Hall–Kier alpha value is 0.355. The molecule has 0 aromatic heterocycles. The third-order valence-corrected chi connectivity index (χ3v) is 8.52. The Bertz CT molecular complexity index is 338. The second kappa shape index (κ2) is 39.5. The average molecular weight is 553 g/mol. The van der Waals surface area contributed by atoms with Crippen molar-refractivity contribution in [3.8, 4) is 0 Å². The van der Waals surface area contributed by atoms with Crippen LogP contribution in [0.2, 0.25) is 12.6 Å². The molecule has 0 unspecified atom stereocenters. The summed E-state index contributed by atoms with van der Waals surface area (Å²) in [7, 11) is 2.59. The average Bonchev–Trinajstić information content (AvgIpc) is 2.91. The maximum absolute atomic E-state index is 2.59. The van der Waals surface area contributed by atoms with E-state index in [1.54, 1.807) is 0 Å². The first-order chi connectivity index (χ1) is 18.4. The third-order valence-electron chi connectivity index (χ3n) is 8.52. The summed E-state index contributed by atoms with van der Waals surface area (Å²) in [5, 5.41) is 0. The van der Waals surface area contributed by atoms with Crippen molar-refractivity contribution < 1.29 is 12.4 Å². The van der Waals surface area contributed by atoms with E-state index >= 15 is 0 Å². The van der Waals surface area contributed by atoms with Gasteiger partial charge in [0, 0.05) is 0 Å². The molecule has 0 N–H and O–H groups in total. The molecular weight excluding hydrogens is 479 g/mol. The monoisotopic (exact) mass is 553 g/mol. The zero-order chi connectivity index (χ0) is 26.7. The van der Waals surface area contributed by atoms with E-state index < -0.39 is 0 Å². The number of hydrogen-bond donors (Lipinski definition) is 0. The Labute approximate surface area is 251 Å². The van der Waals surface area contributed by atoms with Crippen molar-refractivity contribution in [2.75, 3.05) is 0 Å². The number of unbranched alkanes of at least 4 members (excludes halogenated alkanes) is 30.